The maximum atomic E-state index is 5.55. The lowest BCUT2D eigenvalue weighted by molar-refractivity contribution is 0.756. The minimum absolute atomic E-state index is 0.226. The van der Waals surface area contributed by atoms with E-state index >= 15 is 0 Å². The van der Waals surface area contributed by atoms with E-state index in [1.165, 1.54) is 0 Å². The number of aromatic amines is 1. The average Bonchev–Trinajstić information content (AvgIpc) is 2.43. The normalized spacial score (nSPS) is 10.5. The van der Waals surface area contributed by atoms with Crippen molar-refractivity contribution in [3.05, 3.63) is 16.7 Å². The molecular weight excluding hydrogens is 212 g/mol. The fraction of sp³-hybridized carbons (Fsp3) is 0.250. The quantitative estimate of drug-likeness (QED) is 0.698. The van der Waals surface area contributed by atoms with Crippen LogP contribution in [0.4, 0.5) is 5.95 Å². The zero-order valence-corrected chi connectivity index (χ0v) is 9.17. The number of nitrogen functional groups attached to an aromatic ring is 1. The Labute approximate surface area is 91.2 Å². The number of aromatic nitrogens is 5. The first-order chi connectivity index (χ1) is 7.06. The van der Waals surface area contributed by atoms with E-state index < -0.39 is 0 Å². The van der Waals surface area contributed by atoms with E-state index in [1.54, 1.807) is 4.68 Å². The number of nitrogens with two attached hydrogens (primary N) is 1. The summed E-state index contributed by atoms with van der Waals surface area (Å²) in [5, 5.41) is 4.21. The molecule has 3 N–H and O–H groups in total. The molecule has 0 aromatic carbocycles. The first kappa shape index (κ1) is 9.78. The van der Waals surface area contributed by atoms with Gasteiger partial charge in [0.05, 0.1) is 11.3 Å². The molecule has 78 valence electrons. The molecule has 0 fully saturated rings. The van der Waals surface area contributed by atoms with Crippen LogP contribution in [0.5, 0.6) is 0 Å². The molecule has 0 aliphatic carbocycles. The number of rotatable bonds is 1. The van der Waals surface area contributed by atoms with Crippen molar-refractivity contribution >= 4 is 18.2 Å². The van der Waals surface area contributed by atoms with Gasteiger partial charge in [0.15, 0.2) is 0 Å². The van der Waals surface area contributed by atoms with Crippen LogP contribution in [0.1, 0.15) is 5.69 Å². The topological polar surface area (TPSA) is 85.4 Å². The second-order valence-corrected chi connectivity index (χ2v) is 3.53. The Bertz CT molecular complexity index is 554. The van der Waals surface area contributed by atoms with Gasteiger partial charge < -0.3 is 10.7 Å². The molecule has 0 unspecified atom stereocenters. The van der Waals surface area contributed by atoms with Gasteiger partial charge in [0.1, 0.15) is 5.82 Å². The van der Waals surface area contributed by atoms with Gasteiger partial charge in [0, 0.05) is 13.2 Å². The summed E-state index contributed by atoms with van der Waals surface area (Å²) in [6.07, 6.45) is 1.85. The summed E-state index contributed by atoms with van der Waals surface area (Å²) < 4.78 is 1.93. The van der Waals surface area contributed by atoms with Crippen LogP contribution >= 0.6 is 12.2 Å². The van der Waals surface area contributed by atoms with Crippen molar-refractivity contribution in [1.82, 2.24) is 24.7 Å². The zero-order chi connectivity index (χ0) is 11.0. The molecule has 0 amide bonds. The summed E-state index contributed by atoms with van der Waals surface area (Å²) in [6.45, 7) is 1.89. The fourth-order valence-electron chi connectivity index (χ4n) is 1.36. The molecule has 6 nitrogen and oxygen atoms in total. The number of H-pyrrole nitrogens is 1. The van der Waals surface area contributed by atoms with Crippen molar-refractivity contribution in [2.45, 2.75) is 6.92 Å². The van der Waals surface area contributed by atoms with Gasteiger partial charge >= 0.3 is 0 Å². The monoisotopic (exact) mass is 222 g/mol. The van der Waals surface area contributed by atoms with Gasteiger partial charge in [0.25, 0.3) is 0 Å². The third kappa shape index (κ3) is 1.86. The second-order valence-electron chi connectivity index (χ2n) is 3.17. The van der Waals surface area contributed by atoms with Gasteiger partial charge in [-0.15, -0.1) is 0 Å². The maximum absolute atomic E-state index is 5.55. The Hall–Kier alpha value is -1.76. The largest absolute Gasteiger partial charge is 0.369 e. The van der Waals surface area contributed by atoms with Crippen molar-refractivity contribution in [1.29, 1.82) is 0 Å². The highest BCUT2D eigenvalue weighted by Gasteiger charge is 2.08. The van der Waals surface area contributed by atoms with Crippen LogP contribution in [0.15, 0.2) is 6.20 Å². The van der Waals surface area contributed by atoms with Crippen molar-refractivity contribution in [2.75, 3.05) is 5.73 Å². The number of hydrogen-bond acceptors (Lipinski definition) is 5. The third-order valence-electron chi connectivity index (χ3n) is 1.94. The summed E-state index contributed by atoms with van der Waals surface area (Å²) in [4.78, 5) is 10.7. The van der Waals surface area contributed by atoms with E-state index in [4.69, 9.17) is 18.0 Å². The van der Waals surface area contributed by atoms with Gasteiger partial charge in [-0.2, -0.15) is 10.1 Å². The molecule has 2 aromatic heterocycles. The van der Waals surface area contributed by atoms with E-state index in [0.29, 0.717) is 5.82 Å². The summed E-state index contributed by atoms with van der Waals surface area (Å²) in [6, 6.07) is 0. The van der Waals surface area contributed by atoms with Gasteiger partial charge in [-0.05, 0) is 19.1 Å². The molecule has 0 radical (unpaired) electrons. The summed E-state index contributed by atoms with van der Waals surface area (Å²) in [7, 11) is 1.84. The Morgan fingerprint density at radius 1 is 1.47 bits per heavy atom. The maximum Gasteiger partial charge on any atom is 0.224 e. The van der Waals surface area contributed by atoms with Crippen LogP contribution in [0, 0.1) is 11.7 Å². The Balaban J connectivity index is 2.63. The minimum Gasteiger partial charge on any atom is -0.369 e. The average molecular weight is 222 g/mol. The molecule has 0 saturated carbocycles. The SMILES string of the molecule is Cc1nn(C)cc1-c1nc(=S)nc(N)[nH]1. The second kappa shape index (κ2) is 3.43. The minimum atomic E-state index is 0.226. The summed E-state index contributed by atoms with van der Waals surface area (Å²) >= 11 is 4.89. The predicted molar refractivity (Wildman–Crippen MR) is 58.6 cm³/mol. The zero-order valence-electron chi connectivity index (χ0n) is 8.35. The smallest absolute Gasteiger partial charge is 0.224 e. The predicted octanol–water partition coefficient (Wildman–Crippen LogP) is 0.825. The molecule has 15 heavy (non-hydrogen) atoms. The first-order valence-electron chi connectivity index (χ1n) is 4.30. The van der Waals surface area contributed by atoms with E-state index in [9.17, 15) is 0 Å². The van der Waals surface area contributed by atoms with Crippen molar-refractivity contribution in [3.63, 3.8) is 0 Å². The standard InChI is InChI=1S/C8H10N6S/c1-4-5(3-14(2)13-4)6-10-7(9)12-8(15)11-6/h3H,1-2H3,(H3,9,10,11,12,15). The highest BCUT2D eigenvalue weighted by molar-refractivity contribution is 7.71. The molecule has 2 aromatic rings. The number of nitrogens with zero attached hydrogens (tertiary/aromatic N) is 4. The third-order valence-corrected chi connectivity index (χ3v) is 2.12. The Kier molecular flexibility index (Phi) is 2.24. The van der Waals surface area contributed by atoms with Gasteiger partial charge in [-0.3, -0.25) is 4.68 Å². The summed E-state index contributed by atoms with van der Waals surface area (Å²) in [5.41, 5.74) is 7.29. The highest BCUT2D eigenvalue weighted by atomic mass is 32.1. The number of hydrogen-bond donors (Lipinski definition) is 2. The van der Waals surface area contributed by atoms with E-state index in [0.717, 1.165) is 11.3 Å². The highest BCUT2D eigenvalue weighted by Crippen LogP contribution is 2.17. The molecule has 2 rings (SSSR count). The Morgan fingerprint density at radius 2 is 2.20 bits per heavy atom. The lowest BCUT2D eigenvalue weighted by Gasteiger charge is -1.99. The van der Waals surface area contributed by atoms with E-state index in [2.05, 4.69) is 20.1 Å². The number of aryl methyl sites for hydroxylation is 2. The lowest BCUT2D eigenvalue weighted by atomic mass is 10.2. The molecular formula is C8H10N6S. The van der Waals surface area contributed by atoms with Crippen LogP contribution in [-0.4, -0.2) is 24.7 Å². The lowest BCUT2D eigenvalue weighted by Crippen LogP contribution is -1.99. The Morgan fingerprint density at radius 3 is 2.73 bits per heavy atom. The van der Waals surface area contributed by atoms with Crippen LogP contribution < -0.4 is 5.73 Å². The van der Waals surface area contributed by atoms with Crippen molar-refractivity contribution in [3.8, 4) is 11.4 Å². The van der Waals surface area contributed by atoms with Crippen LogP contribution in [-0.2, 0) is 7.05 Å². The molecule has 0 bridgehead atoms. The van der Waals surface area contributed by atoms with E-state index in [1.807, 2.05) is 20.2 Å². The molecule has 0 saturated heterocycles. The van der Waals surface area contributed by atoms with Crippen molar-refractivity contribution < 1.29 is 0 Å². The fourth-order valence-corrected chi connectivity index (χ4v) is 1.55. The number of nitrogens with one attached hydrogen (secondary N) is 1. The van der Waals surface area contributed by atoms with Gasteiger partial charge in [-0.1, -0.05) is 0 Å². The number of anilines is 1. The van der Waals surface area contributed by atoms with Crippen LogP contribution in [0.3, 0.4) is 0 Å². The molecule has 0 atom stereocenters. The molecule has 0 aliphatic rings. The molecule has 2 heterocycles. The van der Waals surface area contributed by atoms with Crippen LogP contribution in [0.2, 0.25) is 0 Å². The van der Waals surface area contributed by atoms with Crippen molar-refractivity contribution in [2.24, 2.45) is 7.05 Å². The van der Waals surface area contributed by atoms with Gasteiger partial charge in [0.2, 0.25) is 10.7 Å². The van der Waals surface area contributed by atoms with Gasteiger partial charge in [-0.25, -0.2) is 4.98 Å². The van der Waals surface area contributed by atoms with E-state index in [-0.39, 0.29) is 10.7 Å². The first-order valence-corrected chi connectivity index (χ1v) is 4.71. The molecule has 0 spiro atoms. The van der Waals surface area contributed by atoms with Crippen LogP contribution in [0.25, 0.3) is 11.4 Å². The molecule has 7 heteroatoms. The summed E-state index contributed by atoms with van der Waals surface area (Å²) in [5.74, 6) is 0.853. The molecule has 0 aliphatic heterocycles.